The first-order valence-electron chi connectivity index (χ1n) is 9.67. The van der Waals surface area contributed by atoms with E-state index in [2.05, 4.69) is 15.4 Å². The van der Waals surface area contributed by atoms with Crippen molar-refractivity contribution in [3.8, 4) is 11.3 Å². The van der Waals surface area contributed by atoms with Crippen molar-refractivity contribution in [3.63, 3.8) is 0 Å². The van der Waals surface area contributed by atoms with Crippen LogP contribution in [0, 0.1) is 0 Å². The van der Waals surface area contributed by atoms with Crippen LogP contribution in [0.4, 0.5) is 4.79 Å². The van der Waals surface area contributed by atoms with Crippen molar-refractivity contribution in [3.05, 3.63) is 42.1 Å². The topological polar surface area (TPSA) is 83.2 Å². The number of carbonyl (C=O) groups is 1. The Hall–Kier alpha value is -2.30. The summed E-state index contributed by atoms with van der Waals surface area (Å²) in [5, 5.41) is 7.44. The molecular weight excluding hydrogens is 485 g/mol. The lowest BCUT2D eigenvalue weighted by atomic mass is 10.2. The van der Waals surface area contributed by atoms with Gasteiger partial charge in [-0.3, -0.25) is 0 Å². The number of halogens is 1. The molecule has 3 rings (SSSR count). The number of carbonyl (C=O) groups excluding carboxylic acids is 1. The lowest BCUT2D eigenvalue weighted by Gasteiger charge is -2.35. The minimum Gasteiger partial charge on any atom is -0.450 e. The largest absolute Gasteiger partial charge is 0.450 e. The van der Waals surface area contributed by atoms with Crippen LogP contribution in [0.25, 0.3) is 11.3 Å². The number of guanidine groups is 1. The number of aromatic nitrogens is 1. The molecule has 1 aliphatic heterocycles. The van der Waals surface area contributed by atoms with Gasteiger partial charge in [0.1, 0.15) is 5.69 Å². The van der Waals surface area contributed by atoms with Crippen LogP contribution in [-0.2, 0) is 11.3 Å². The number of nitrogens with one attached hydrogen (secondary N) is 1. The van der Waals surface area contributed by atoms with Crippen LogP contribution in [-0.4, -0.2) is 66.3 Å². The van der Waals surface area contributed by atoms with Gasteiger partial charge >= 0.3 is 6.09 Å². The van der Waals surface area contributed by atoms with Crippen molar-refractivity contribution >= 4 is 36.0 Å². The van der Waals surface area contributed by atoms with Gasteiger partial charge in [0.15, 0.2) is 11.7 Å². The molecule has 0 radical (unpaired) electrons. The molecule has 1 fully saturated rings. The molecule has 0 bridgehead atoms. The van der Waals surface area contributed by atoms with E-state index in [-0.39, 0.29) is 30.1 Å². The Morgan fingerprint density at radius 1 is 1.17 bits per heavy atom. The second kappa shape index (κ2) is 11.6. The van der Waals surface area contributed by atoms with E-state index in [0.717, 1.165) is 29.5 Å². The predicted octanol–water partition coefficient (Wildman–Crippen LogP) is 3.20. The monoisotopic (exact) mass is 513 g/mol. The van der Waals surface area contributed by atoms with E-state index in [0.29, 0.717) is 39.3 Å². The highest BCUT2D eigenvalue weighted by molar-refractivity contribution is 14.0. The van der Waals surface area contributed by atoms with Crippen LogP contribution >= 0.6 is 24.0 Å². The van der Waals surface area contributed by atoms with E-state index in [4.69, 9.17) is 14.3 Å². The molecule has 0 atom stereocenters. The zero-order chi connectivity index (χ0) is 19.8. The molecule has 9 heteroatoms. The van der Waals surface area contributed by atoms with Gasteiger partial charge in [-0.25, -0.2) is 9.79 Å². The van der Waals surface area contributed by atoms with E-state index >= 15 is 0 Å². The SMILES string of the molecule is CCNC(=NCc1cc(-c2ccccc2)on1)N1CCN(C(=O)OCC)CC1.I. The van der Waals surface area contributed by atoms with Crippen LogP contribution < -0.4 is 5.32 Å². The van der Waals surface area contributed by atoms with Crippen LogP contribution in [0.1, 0.15) is 19.5 Å². The van der Waals surface area contributed by atoms with Crippen LogP contribution in [0.2, 0.25) is 0 Å². The molecule has 1 saturated heterocycles. The molecule has 1 N–H and O–H groups in total. The minimum absolute atomic E-state index is 0. The number of aliphatic imine (C=N–C) groups is 1. The van der Waals surface area contributed by atoms with Gasteiger partial charge in [0.05, 0.1) is 13.2 Å². The predicted molar refractivity (Wildman–Crippen MR) is 122 cm³/mol. The minimum atomic E-state index is -0.250. The maximum Gasteiger partial charge on any atom is 0.409 e. The Bertz CT molecular complexity index is 788. The van der Waals surface area contributed by atoms with E-state index in [1.165, 1.54) is 0 Å². The zero-order valence-corrected chi connectivity index (χ0v) is 19.2. The molecule has 0 aliphatic carbocycles. The van der Waals surface area contributed by atoms with Crippen LogP contribution in [0.3, 0.4) is 0 Å². The molecule has 0 saturated carbocycles. The second-order valence-electron chi connectivity index (χ2n) is 6.39. The third kappa shape index (κ3) is 6.34. The number of amides is 1. The number of hydrogen-bond donors (Lipinski definition) is 1. The summed E-state index contributed by atoms with van der Waals surface area (Å²) >= 11 is 0. The third-order valence-corrected chi connectivity index (χ3v) is 4.45. The smallest absolute Gasteiger partial charge is 0.409 e. The lowest BCUT2D eigenvalue weighted by Crippen LogP contribution is -2.53. The van der Waals surface area contributed by atoms with Crippen molar-refractivity contribution in [2.75, 3.05) is 39.3 Å². The highest BCUT2D eigenvalue weighted by atomic mass is 127. The first kappa shape index (κ1) is 23.0. The summed E-state index contributed by atoms with van der Waals surface area (Å²) in [5.41, 5.74) is 1.77. The first-order chi connectivity index (χ1) is 13.7. The summed E-state index contributed by atoms with van der Waals surface area (Å²) in [6, 6.07) is 11.8. The highest BCUT2D eigenvalue weighted by Gasteiger charge is 2.23. The maximum absolute atomic E-state index is 11.9. The molecule has 2 aromatic rings. The molecule has 1 aromatic heterocycles. The van der Waals surface area contributed by atoms with Gasteiger partial charge in [-0.05, 0) is 13.8 Å². The molecule has 1 aliphatic rings. The van der Waals surface area contributed by atoms with Gasteiger partial charge in [0.2, 0.25) is 0 Å². The first-order valence-corrected chi connectivity index (χ1v) is 9.67. The summed E-state index contributed by atoms with van der Waals surface area (Å²) in [6.07, 6.45) is -0.250. The average Bonchev–Trinajstić information content (AvgIpc) is 3.21. The summed E-state index contributed by atoms with van der Waals surface area (Å²) in [6.45, 7) is 8.09. The molecule has 1 amide bonds. The number of ether oxygens (including phenoxy) is 1. The van der Waals surface area contributed by atoms with Gasteiger partial charge < -0.3 is 24.4 Å². The second-order valence-corrected chi connectivity index (χ2v) is 6.39. The van der Waals surface area contributed by atoms with E-state index in [9.17, 15) is 4.79 Å². The van der Waals surface area contributed by atoms with E-state index in [1.807, 2.05) is 50.2 Å². The Morgan fingerprint density at radius 2 is 1.86 bits per heavy atom. The molecule has 0 unspecified atom stereocenters. The van der Waals surface area contributed by atoms with Gasteiger partial charge in [-0.15, -0.1) is 24.0 Å². The molecule has 29 heavy (non-hydrogen) atoms. The quantitative estimate of drug-likeness (QED) is 0.376. The zero-order valence-electron chi connectivity index (χ0n) is 16.8. The molecule has 0 spiro atoms. The summed E-state index contributed by atoms with van der Waals surface area (Å²) in [5.74, 6) is 1.55. The van der Waals surface area contributed by atoms with Crippen molar-refractivity contribution in [2.45, 2.75) is 20.4 Å². The normalized spacial score (nSPS) is 14.3. The van der Waals surface area contributed by atoms with Crippen molar-refractivity contribution in [2.24, 2.45) is 4.99 Å². The standard InChI is InChI=1S/C20H27N5O3.HI/c1-3-21-19(24-10-12-25(13-11-24)20(26)27-4-2)22-15-17-14-18(28-23-17)16-8-6-5-7-9-16;/h5-9,14H,3-4,10-13,15H2,1-2H3,(H,21,22);1H. The van der Waals surface area contributed by atoms with E-state index < -0.39 is 0 Å². The molecular formula is C20H28IN5O3. The Labute approximate surface area is 188 Å². The average molecular weight is 513 g/mol. The fourth-order valence-corrected chi connectivity index (χ4v) is 3.02. The fraction of sp³-hybridized carbons (Fsp3) is 0.450. The lowest BCUT2D eigenvalue weighted by molar-refractivity contribution is 0.0914. The molecule has 1 aromatic carbocycles. The van der Waals surface area contributed by atoms with Crippen molar-refractivity contribution in [1.82, 2.24) is 20.3 Å². The van der Waals surface area contributed by atoms with Gasteiger partial charge in [-0.1, -0.05) is 35.5 Å². The van der Waals surface area contributed by atoms with Gasteiger partial charge in [0, 0.05) is 44.4 Å². The number of hydrogen-bond acceptors (Lipinski definition) is 5. The fourth-order valence-electron chi connectivity index (χ4n) is 3.02. The number of rotatable bonds is 5. The van der Waals surface area contributed by atoms with Crippen molar-refractivity contribution in [1.29, 1.82) is 0 Å². The molecule has 2 heterocycles. The van der Waals surface area contributed by atoms with Crippen molar-refractivity contribution < 1.29 is 14.1 Å². The van der Waals surface area contributed by atoms with Gasteiger partial charge in [0.25, 0.3) is 0 Å². The summed E-state index contributed by atoms with van der Waals surface area (Å²) < 4.78 is 10.5. The summed E-state index contributed by atoms with van der Waals surface area (Å²) in [7, 11) is 0. The van der Waals surface area contributed by atoms with Crippen LogP contribution in [0.15, 0.2) is 45.9 Å². The Morgan fingerprint density at radius 3 is 2.52 bits per heavy atom. The Balaban J connectivity index is 0.00000300. The highest BCUT2D eigenvalue weighted by Crippen LogP contribution is 2.20. The van der Waals surface area contributed by atoms with E-state index in [1.54, 1.807) is 4.90 Å². The third-order valence-electron chi connectivity index (χ3n) is 4.45. The number of piperazine rings is 1. The molecule has 8 nitrogen and oxygen atoms in total. The maximum atomic E-state index is 11.9. The van der Waals surface area contributed by atoms with Crippen LogP contribution in [0.5, 0.6) is 0 Å². The summed E-state index contributed by atoms with van der Waals surface area (Å²) in [4.78, 5) is 20.4. The van der Waals surface area contributed by atoms with Gasteiger partial charge in [-0.2, -0.15) is 0 Å². The number of benzene rings is 1. The number of nitrogens with zero attached hydrogens (tertiary/aromatic N) is 4. The molecule has 158 valence electrons. The Kier molecular flexibility index (Phi) is 9.23.